The van der Waals surface area contributed by atoms with Crippen molar-refractivity contribution in [3.8, 4) is 5.75 Å². The molecule has 0 radical (unpaired) electrons. The van der Waals surface area contributed by atoms with Gasteiger partial charge in [0.15, 0.2) is 0 Å². The summed E-state index contributed by atoms with van der Waals surface area (Å²) in [5, 5.41) is 6.56. The summed E-state index contributed by atoms with van der Waals surface area (Å²) in [6.45, 7) is 2.08. The smallest absolute Gasteiger partial charge is 0.249 e. The molecule has 2 aromatic carbocycles. The number of nitrogens with one attached hydrogen (secondary N) is 2. The van der Waals surface area contributed by atoms with Crippen LogP contribution in [-0.4, -0.2) is 31.5 Å². The van der Waals surface area contributed by atoms with Crippen molar-refractivity contribution >= 4 is 40.5 Å². The summed E-state index contributed by atoms with van der Waals surface area (Å²) in [7, 11) is 1.54. The Kier molecular flexibility index (Phi) is 5.86. The van der Waals surface area contributed by atoms with Gasteiger partial charge in [0.1, 0.15) is 11.8 Å². The third kappa shape index (κ3) is 4.34. The van der Waals surface area contributed by atoms with Crippen LogP contribution in [0.25, 0.3) is 0 Å². The second-order valence-corrected chi connectivity index (χ2v) is 6.78. The first-order chi connectivity index (χ1) is 13.0. The largest absolute Gasteiger partial charge is 0.494 e. The van der Waals surface area contributed by atoms with E-state index in [0.29, 0.717) is 23.0 Å². The van der Waals surface area contributed by atoms with Gasteiger partial charge in [-0.15, -0.1) is 0 Å². The highest BCUT2D eigenvalue weighted by Gasteiger charge is 2.30. The van der Waals surface area contributed by atoms with E-state index in [4.69, 9.17) is 16.3 Å². The van der Waals surface area contributed by atoms with E-state index in [1.165, 1.54) is 14.0 Å². The Morgan fingerprint density at radius 1 is 1.26 bits per heavy atom. The molecule has 1 saturated heterocycles. The molecule has 3 rings (SSSR count). The molecule has 0 bridgehead atoms. The summed E-state index contributed by atoms with van der Waals surface area (Å²) >= 11 is 6.26. The average Bonchev–Trinajstić information content (AvgIpc) is 2.65. The number of ether oxygens (including phenoxy) is 1. The zero-order chi connectivity index (χ0) is 19.4. The van der Waals surface area contributed by atoms with Crippen LogP contribution in [0.15, 0.2) is 42.5 Å². The van der Waals surface area contributed by atoms with Gasteiger partial charge < -0.3 is 20.3 Å². The molecule has 0 aliphatic carbocycles. The Hall–Kier alpha value is -2.73. The van der Waals surface area contributed by atoms with Crippen LogP contribution < -0.4 is 20.3 Å². The van der Waals surface area contributed by atoms with Crippen molar-refractivity contribution in [3.05, 3.63) is 47.5 Å². The van der Waals surface area contributed by atoms with Crippen LogP contribution in [0.1, 0.15) is 19.8 Å². The molecule has 1 fully saturated rings. The molecule has 2 amide bonds. The molecule has 0 aromatic heterocycles. The van der Waals surface area contributed by atoms with Crippen molar-refractivity contribution in [1.29, 1.82) is 0 Å². The molecule has 1 heterocycles. The van der Waals surface area contributed by atoms with Crippen molar-refractivity contribution < 1.29 is 14.3 Å². The summed E-state index contributed by atoms with van der Waals surface area (Å²) in [4.78, 5) is 26.0. The van der Waals surface area contributed by atoms with Crippen LogP contribution >= 0.6 is 11.6 Å². The molecule has 7 heteroatoms. The lowest BCUT2D eigenvalue weighted by molar-refractivity contribution is -0.120. The van der Waals surface area contributed by atoms with Crippen LogP contribution in [-0.2, 0) is 9.59 Å². The average molecular weight is 388 g/mol. The summed E-state index contributed by atoms with van der Waals surface area (Å²) in [5.41, 5.74) is 2.07. The lowest BCUT2D eigenvalue weighted by Crippen LogP contribution is -2.47. The first kappa shape index (κ1) is 19.0. The molecule has 142 valence electrons. The monoisotopic (exact) mass is 387 g/mol. The summed E-state index contributed by atoms with van der Waals surface area (Å²) in [6, 6.07) is 12.3. The van der Waals surface area contributed by atoms with Gasteiger partial charge in [0.25, 0.3) is 0 Å². The lowest BCUT2D eigenvalue weighted by atomic mass is 10.0. The fourth-order valence-corrected chi connectivity index (χ4v) is 3.43. The van der Waals surface area contributed by atoms with Gasteiger partial charge in [0.05, 0.1) is 23.5 Å². The number of carbonyl (C=O) groups is 2. The van der Waals surface area contributed by atoms with Gasteiger partial charge in [-0.2, -0.15) is 0 Å². The van der Waals surface area contributed by atoms with E-state index in [2.05, 4.69) is 10.6 Å². The van der Waals surface area contributed by atoms with E-state index in [1.807, 2.05) is 24.3 Å². The molecule has 1 unspecified atom stereocenters. The van der Waals surface area contributed by atoms with Crippen molar-refractivity contribution in [2.75, 3.05) is 29.2 Å². The molecular formula is C20H22ClN3O3. The van der Waals surface area contributed by atoms with E-state index in [-0.39, 0.29) is 17.9 Å². The number of piperidine rings is 1. The first-order valence-electron chi connectivity index (χ1n) is 8.77. The highest BCUT2D eigenvalue weighted by molar-refractivity contribution is 6.33. The zero-order valence-electron chi connectivity index (χ0n) is 15.3. The standard InChI is InChI=1S/C20H22ClN3O3/c1-13(25)22-16-10-9-14(12-19(16)27-2)23-17-7-5-11-24(20(17)26)18-8-4-3-6-15(18)21/h3-4,6,8-10,12,17,23H,5,7,11H2,1-2H3,(H,22,25). The number of para-hydroxylation sites is 1. The van der Waals surface area contributed by atoms with E-state index < -0.39 is 0 Å². The number of amides is 2. The lowest BCUT2D eigenvalue weighted by Gasteiger charge is -2.33. The van der Waals surface area contributed by atoms with Gasteiger partial charge in [0.2, 0.25) is 11.8 Å². The number of halogens is 1. The second kappa shape index (κ2) is 8.31. The summed E-state index contributed by atoms with van der Waals surface area (Å²) < 4.78 is 5.34. The Bertz CT molecular complexity index is 856. The molecule has 0 spiro atoms. The van der Waals surface area contributed by atoms with Gasteiger partial charge in [0, 0.05) is 25.2 Å². The molecule has 2 N–H and O–H groups in total. The SMILES string of the molecule is COc1cc(NC2CCCN(c3ccccc3Cl)C2=O)ccc1NC(C)=O. The summed E-state index contributed by atoms with van der Waals surface area (Å²) in [6.07, 6.45) is 1.60. The molecule has 27 heavy (non-hydrogen) atoms. The molecule has 0 saturated carbocycles. The maximum atomic E-state index is 13.0. The minimum atomic E-state index is -0.355. The molecule has 1 aliphatic heterocycles. The highest BCUT2D eigenvalue weighted by Crippen LogP contribution is 2.31. The minimum absolute atomic E-state index is 0.0146. The van der Waals surface area contributed by atoms with Crippen LogP contribution in [0.4, 0.5) is 17.1 Å². The van der Waals surface area contributed by atoms with Gasteiger partial charge in [-0.3, -0.25) is 9.59 Å². The van der Waals surface area contributed by atoms with Crippen molar-refractivity contribution in [2.24, 2.45) is 0 Å². The van der Waals surface area contributed by atoms with Crippen molar-refractivity contribution in [1.82, 2.24) is 0 Å². The Labute approximate surface area is 163 Å². The number of rotatable bonds is 5. The predicted molar refractivity (Wildman–Crippen MR) is 108 cm³/mol. The molecule has 6 nitrogen and oxygen atoms in total. The maximum absolute atomic E-state index is 13.0. The van der Waals surface area contributed by atoms with E-state index >= 15 is 0 Å². The van der Waals surface area contributed by atoms with E-state index in [9.17, 15) is 9.59 Å². The number of anilines is 3. The third-order valence-corrected chi connectivity index (χ3v) is 4.75. The van der Waals surface area contributed by atoms with Crippen molar-refractivity contribution in [2.45, 2.75) is 25.8 Å². The van der Waals surface area contributed by atoms with Crippen LogP contribution in [0.3, 0.4) is 0 Å². The van der Waals surface area contributed by atoms with Crippen LogP contribution in [0, 0.1) is 0 Å². The number of nitrogens with zero attached hydrogens (tertiary/aromatic N) is 1. The Morgan fingerprint density at radius 2 is 2.04 bits per heavy atom. The Morgan fingerprint density at radius 3 is 2.74 bits per heavy atom. The second-order valence-electron chi connectivity index (χ2n) is 6.38. The number of hydrogen-bond acceptors (Lipinski definition) is 4. The highest BCUT2D eigenvalue weighted by atomic mass is 35.5. The van der Waals surface area contributed by atoms with Gasteiger partial charge >= 0.3 is 0 Å². The minimum Gasteiger partial charge on any atom is -0.494 e. The topological polar surface area (TPSA) is 70.7 Å². The quantitative estimate of drug-likeness (QED) is 0.815. The van der Waals surface area contributed by atoms with E-state index in [0.717, 1.165) is 24.2 Å². The van der Waals surface area contributed by atoms with Gasteiger partial charge in [-0.1, -0.05) is 23.7 Å². The molecule has 2 aromatic rings. The summed E-state index contributed by atoms with van der Waals surface area (Å²) in [5.74, 6) is 0.340. The van der Waals surface area contributed by atoms with Gasteiger partial charge in [-0.05, 0) is 37.1 Å². The van der Waals surface area contributed by atoms with Crippen molar-refractivity contribution in [3.63, 3.8) is 0 Å². The fraction of sp³-hybridized carbons (Fsp3) is 0.300. The van der Waals surface area contributed by atoms with E-state index in [1.54, 1.807) is 23.1 Å². The molecular weight excluding hydrogens is 366 g/mol. The zero-order valence-corrected chi connectivity index (χ0v) is 16.0. The third-order valence-electron chi connectivity index (χ3n) is 4.44. The molecule has 1 aliphatic rings. The first-order valence-corrected chi connectivity index (χ1v) is 9.15. The fourth-order valence-electron chi connectivity index (χ4n) is 3.19. The van der Waals surface area contributed by atoms with Crippen LogP contribution in [0.2, 0.25) is 5.02 Å². The number of hydrogen-bond donors (Lipinski definition) is 2. The normalized spacial score (nSPS) is 16.8. The maximum Gasteiger partial charge on any atom is 0.249 e. The molecule has 1 atom stereocenters. The number of benzene rings is 2. The Balaban J connectivity index is 1.78. The van der Waals surface area contributed by atoms with Gasteiger partial charge in [-0.25, -0.2) is 0 Å². The predicted octanol–water partition coefficient (Wildman–Crippen LogP) is 3.91. The number of carbonyl (C=O) groups excluding carboxylic acids is 2. The number of methoxy groups -OCH3 is 1. The van der Waals surface area contributed by atoms with Crippen LogP contribution in [0.5, 0.6) is 5.75 Å².